The summed E-state index contributed by atoms with van der Waals surface area (Å²) in [4.78, 5) is 7.98. The first-order valence-corrected chi connectivity index (χ1v) is 6.88. The molecule has 0 radical (unpaired) electrons. The van der Waals surface area contributed by atoms with Crippen LogP contribution in [0.1, 0.15) is 13.3 Å². The Bertz CT molecular complexity index is 624. The van der Waals surface area contributed by atoms with Crippen molar-refractivity contribution in [3.8, 4) is 5.75 Å². The minimum Gasteiger partial charge on any atom is -0.495 e. The fraction of sp³-hybridized carbons (Fsp3) is 0.286. The summed E-state index contributed by atoms with van der Waals surface area (Å²) in [5.74, 6) is 0.432. The Morgan fingerprint density at radius 1 is 1.38 bits per heavy atom. The van der Waals surface area contributed by atoms with E-state index in [0.717, 1.165) is 19.2 Å². The average Bonchev–Trinajstić information content (AvgIpc) is 2.50. The Balaban J connectivity index is 2.22. The first kappa shape index (κ1) is 15.3. The maximum Gasteiger partial charge on any atom is 0.224 e. The van der Waals surface area contributed by atoms with Crippen LogP contribution < -0.4 is 15.4 Å². The summed E-state index contributed by atoms with van der Waals surface area (Å²) < 4.78 is 18.9. The number of anilines is 3. The molecule has 0 unspecified atom stereocenters. The Kier molecular flexibility index (Phi) is 5.16. The smallest absolute Gasteiger partial charge is 0.224 e. The van der Waals surface area contributed by atoms with Gasteiger partial charge in [-0.2, -0.15) is 4.98 Å². The molecule has 0 atom stereocenters. The summed E-state index contributed by atoms with van der Waals surface area (Å²) in [6, 6.07) is 5.05. The average molecular weight is 311 g/mol. The zero-order valence-corrected chi connectivity index (χ0v) is 12.5. The normalized spacial score (nSPS) is 10.3. The molecule has 5 nitrogen and oxygen atoms in total. The van der Waals surface area contributed by atoms with E-state index in [1.165, 1.54) is 7.11 Å². The Morgan fingerprint density at radius 2 is 2.19 bits per heavy atom. The Labute approximate surface area is 127 Å². The highest BCUT2D eigenvalue weighted by atomic mass is 35.5. The number of aromatic nitrogens is 2. The predicted molar refractivity (Wildman–Crippen MR) is 82.1 cm³/mol. The van der Waals surface area contributed by atoms with Crippen molar-refractivity contribution < 1.29 is 9.13 Å². The van der Waals surface area contributed by atoms with Crippen molar-refractivity contribution in [1.82, 2.24) is 9.97 Å². The molecule has 0 aliphatic carbocycles. The number of nitrogens with one attached hydrogen (secondary N) is 2. The molecule has 0 aliphatic heterocycles. The highest BCUT2D eigenvalue weighted by molar-refractivity contribution is 6.32. The molecule has 1 aromatic heterocycles. The van der Waals surface area contributed by atoms with Gasteiger partial charge in [0.15, 0.2) is 11.6 Å². The summed E-state index contributed by atoms with van der Waals surface area (Å²) in [6.07, 6.45) is 2.05. The summed E-state index contributed by atoms with van der Waals surface area (Å²) in [6.45, 7) is 2.75. The topological polar surface area (TPSA) is 59.1 Å². The third-order valence-corrected chi connectivity index (χ3v) is 3.00. The number of benzene rings is 1. The lowest BCUT2D eigenvalue weighted by Gasteiger charge is -2.10. The summed E-state index contributed by atoms with van der Waals surface area (Å²) in [5.41, 5.74) is 0.621. The first-order chi connectivity index (χ1) is 10.1. The van der Waals surface area contributed by atoms with Gasteiger partial charge >= 0.3 is 0 Å². The van der Waals surface area contributed by atoms with Gasteiger partial charge in [0.2, 0.25) is 5.95 Å². The van der Waals surface area contributed by atoms with E-state index < -0.39 is 5.82 Å². The second kappa shape index (κ2) is 7.08. The van der Waals surface area contributed by atoms with Crippen molar-refractivity contribution >= 4 is 29.1 Å². The maximum absolute atomic E-state index is 13.8. The van der Waals surface area contributed by atoms with Gasteiger partial charge in [0.1, 0.15) is 5.75 Å². The molecule has 0 spiro atoms. The second-order valence-corrected chi connectivity index (χ2v) is 4.70. The molecule has 0 saturated carbocycles. The molecule has 0 saturated heterocycles. The lowest BCUT2D eigenvalue weighted by molar-refractivity contribution is 0.415. The molecule has 0 bridgehead atoms. The number of hydrogen-bond acceptors (Lipinski definition) is 5. The van der Waals surface area contributed by atoms with Crippen LogP contribution in [-0.2, 0) is 0 Å². The molecular formula is C14H16ClFN4O. The minimum absolute atomic E-state index is 0.0907. The molecule has 2 N–H and O–H groups in total. The van der Waals surface area contributed by atoms with Gasteiger partial charge in [0.25, 0.3) is 0 Å². The van der Waals surface area contributed by atoms with Crippen molar-refractivity contribution in [2.75, 3.05) is 24.3 Å². The molecule has 21 heavy (non-hydrogen) atoms. The number of methoxy groups -OCH3 is 1. The molecule has 7 heteroatoms. The van der Waals surface area contributed by atoms with Gasteiger partial charge in [-0.25, -0.2) is 9.37 Å². The van der Waals surface area contributed by atoms with Crippen LogP contribution in [0.3, 0.4) is 0 Å². The fourth-order valence-corrected chi connectivity index (χ4v) is 1.85. The number of ether oxygens (including phenoxy) is 1. The second-order valence-electron chi connectivity index (χ2n) is 4.29. The molecule has 112 valence electrons. The third-order valence-electron chi connectivity index (χ3n) is 2.69. The number of halogens is 2. The zero-order chi connectivity index (χ0) is 15.2. The number of hydrogen-bond donors (Lipinski definition) is 2. The van der Waals surface area contributed by atoms with Crippen LogP contribution in [-0.4, -0.2) is 23.6 Å². The molecule has 2 rings (SSSR count). The predicted octanol–water partition coefficient (Wildman–Crippen LogP) is 3.84. The van der Waals surface area contributed by atoms with Gasteiger partial charge in [-0.05, 0) is 18.6 Å². The van der Waals surface area contributed by atoms with Crippen molar-refractivity contribution in [3.05, 3.63) is 35.2 Å². The maximum atomic E-state index is 13.8. The van der Waals surface area contributed by atoms with Crippen LogP contribution in [0.15, 0.2) is 24.4 Å². The fourth-order valence-electron chi connectivity index (χ4n) is 1.65. The molecule has 1 aromatic carbocycles. The quantitative estimate of drug-likeness (QED) is 0.849. The lowest BCUT2D eigenvalue weighted by Crippen LogP contribution is -2.07. The molecule has 2 aromatic rings. The monoisotopic (exact) mass is 310 g/mol. The van der Waals surface area contributed by atoms with Crippen LogP contribution in [0.4, 0.5) is 21.8 Å². The minimum atomic E-state index is -0.536. The Hall–Kier alpha value is -2.08. The van der Waals surface area contributed by atoms with Crippen LogP contribution in [0.2, 0.25) is 5.02 Å². The summed E-state index contributed by atoms with van der Waals surface area (Å²) >= 11 is 5.95. The highest BCUT2D eigenvalue weighted by Crippen LogP contribution is 2.29. The number of rotatable bonds is 6. The van der Waals surface area contributed by atoms with E-state index in [9.17, 15) is 4.39 Å². The van der Waals surface area contributed by atoms with Crippen LogP contribution in [0.5, 0.6) is 5.75 Å². The van der Waals surface area contributed by atoms with E-state index in [1.807, 2.05) is 6.92 Å². The van der Waals surface area contributed by atoms with Gasteiger partial charge in [-0.3, -0.25) is 0 Å². The van der Waals surface area contributed by atoms with E-state index in [2.05, 4.69) is 20.6 Å². The zero-order valence-electron chi connectivity index (χ0n) is 11.8. The van der Waals surface area contributed by atoms with E-state index >= 15 is 0 Å². The molecule has 0 fully saturated rings. The van der Waals surface area contributed by atoms with Crippen molar-refractivity contribution in [3.63, 3.8) is 0 Å². The number of nitrogens with zero attached hydrogens (tertiary/aromatic N) is 2. The third kappa shape index (κ3) is 3.95. The highest BCUT2D eigenvalue weighted by Gasteiger charge is 2.09. The van der Waals surface area contributed by atoms with Crippen molar-refractivity contribution in [1.29, 1.82) is 0 Å². The van der Waals surface area contributed by atoms with Gasteiger partial charge in [0, 0.05) is 18.3 Å². The van der Waals surface area contributed by atoms with Crippen molar-refractivity contribution in [2.24, 2.45) is 0 Å². The lowest BCUT2D eigenvalue weighted by atomic mass is 10.3. The van der Waals surface area contributed by atoms with Crippen LogP contribution >= 0.6 is 11.6 Å². The van der Waals surface area contributed by atoms with Crippen LogP contribution in [0, 0.1) is 5.82 Å². The van der Waals surface area contributed by atoms with E-state index in [1.54, 1.807) is 18.2 Å². The molecule has 0 amide bonds. The van der Waals surface area contributed by atoms with E-state index in [4.69, 9.17) is 16.3 Å². The molecule has 1 heterocycles. The van der Waals surface area contributed by atoms with Crippen molar-refractivity contribution in [2.45, 2.75) is 13.3 Å². The first-order valence-electron chi connectivity index (χ1n) is 6.51. The SMILES string of the molecule is CCCNc1ncc(F)c(Nc2ccc(Cl)c(OC)c2)n1. The van der Waals surface area contributed by atoms with E-state index in [-0.39, 0.29) is 5.82 Å². The standard InChI is InChI=1S/C14H16ClFN4O/c1-3-6-17-14-18-8-11(16)13(20-14)19-9-4-5-10(15)12(7-9)21-2/h4-5,7-8H,3,6H2,1-2H3,(H2,17,18,19,20). The van der Waals surface area contributed by atoms with Gasteiger partial charge in [0.05, 0.1) is 18.3 Å². The Morgan fingerprint density at radius 3 is 2.90 bits per heavy atom. The summed E-state index contributed by atoms with van der Waals surface area (Å²) in [5, 5.41) is 6.37. The molecular weight excluding hydrogens is 295 g/mol. The summed E-state index contributed by atoms with van der Waals surface area (Å²) in [7, 11) is 1.52. The van der Waals surface area contributed by atoms with Gasteiger partial charge in [-0.15, -0.1) is 0 Å². The largest absolute Gasteiger partial charge is 0.495 e. The van der Waals surface area contributed by atoms with Gasteiger partial charge in [-0.1, -0.05) is 18.5 Å². The van der Waals surface area contributed by atoms with E-state index in [0.29, 0.717) is 22.4 Å². The van der Waals surface area contributed by atoms with Crippen LogP contribution in [0.25, 0.3) is 0 Å². The molecule has 0 aliphatic rings. The van der Waals surface area contributed by atoms with Gasteiger partial charge < -0.3 is 15.4 Å².